The Hall–Kier alpha value is -7.73. The number of para-hydroxylation sites is 1. The molecule has 8 aromatic carbocycles. The summed E-state index contributed by atoms with van der Waals surface area (Å²) in [5, 5.41) is 2.22. The second-order valence-corrected chi connectivity index (χ2v) is 19.5. The van der Waals surface area contributed by atoms with Crippen molar-refractivity contribution in [3.63, 3.8) is 0 Å². The summed E-state index contributed by atoms with van der Waals surface area (Å²) in [7, 11) is 0. The minimum Gasteiger partial charge on any atom is -0.509 e. The number of benzene rings is 8. The number of anilines is 4. The molecule has 8 heteroatoms. The quantitative estimate of drug-likeness (QED) is 0.142. The van der Waals surface area contributed by atoms with Crippen molar-refractivity contribution in [2.75, 3.05) is 9.80 Å². The van der Waals surface area contributed by atoms with Gasteiger partial charge < -0.3 is 23.7 Å². The van der Waals surface area contributed by atoms with Crippen LogP contribution in [0.2, 0.25) is 0 Å². The average Bonchev–Trinajstić information content (AvgIpc) is 4.07. The molecule has 2 aliphatic heterocycles. The van der Waals surface area contributed by atoms with Gasteiger partial charge in [-0.05, 0) is 106 Å². The monoisotopic (exact) mass is 1100 g/mol. The van der Waals surface area contributed by atoms with Crippen LogP contribution in [0.25, 0.3) is 72.0 Å². The molecule has 11 aromatic rings. The van der Waals surface area contributed by atoms with Crippen molar-refractivity contribution in [2.24, 2.45) is 0 Å². The molecule has 0 aliphatic carbocycles. The number of imidazole rings is 1. The fraction of sp³-hybridized carbons (Fsp3) is 0.127. The van der Waals surface area contributed by atoms with Crippen LogP contribution in [0, 0.1) is 18.8 Å². The molecule has 350 valence electrons. The van der Waals surface area contributed by atoms with E-state index in [1.807, 2.05) is 24.4 Å². The molecule has 0 N–H and O–H groups in total. The Morgan fingerprint density at radius 1 is 0.563 bits per heavy atom. The molecule has 5 heterocycles. The van der Waals surface area contributed by atoms with Gasteiger partial charge in [0.15, 0.2) is 0 Å². The SMILES string of the molecule is CC(C)(C)c1ccnc(-n2c3[c-]c(Oc4[c-]c(N5[CH-]N(c6ccc(-c7ccccc7)cc6-c6cccc(-c7ccccc7)c6)c6cc7c(cc65)nc5n7CCCC5)ccc4)ccc3c3ccccc32)c1.[Pt]. The van der Waals surface area contributed by atoms with Gasteiger partial charge in [-0.1, -0.05) is 129 Å². The molecule has 0 atom stereocenters. The molecule has 0 radical (unpaired) electrons. The second-order valence-electron chi connectivity index (χ2n) is 19.5. The van der Waals surface area contributed by atoms with Gasteiger partial charge in [-0.3, -0.25) is 0 Å². The molecule has 7 nitrogen and oxygen atoms in total. The van der Waals surface area contributed by atoms with Crippen molar-refractivity contribution >= 4 is 55.6 Å². The molecule has 0 saturated heterocycles. The fourth-order valence-electron chi connectivity index (χ4n) is 10.4. The molecule has 13 rings (SSSR count). The Bertz CT molecular complexity index is 3800. The van der Waals surface area contributed by atoms with Gasteiger partial charge in [0.1, 0.15) is 11.6 Å². The number of nitrogens with zero attached hydrogens (tertiary/aromatic N) is 6. The van der Waals surface area contributed by atoms with E-state index in [2.05, 4.69) is 222 Å². The summed E-state index contributed by atoms with van der Waals surface area (Å²) in [4.78, 5) is 14.7. The summed E-state index contributed by atoms with van der Waals surface area (Å²) in [6.45, 7) is 9.86. The number of hydrogen-bond acceptors (Lipinski definition) is 5. The fourth-order valence-corrected chi connectivity index (χ4v) is 10.4. The number of aromatic nitrogens is 4. The van der Waals surface area contributed by atoms with Gasteiger partial charge in [-0.2, -0.15) is 12.1 Å². The van der Waals surface area contributed by atoms with E-state index in [1.54, 1.807) is 0 Å². The van der Waals surface area contributed by atoms with Gasteiger partial charge in [0.25, 0.3) is 0 Å². The molecule has 71 heavy (non-hydrogen) atoms. The largest absolute Gasteiger partial charge is 0.509 e. The third-order valence-corrected chi connectivity index (χ3v) is 14.0. The standard InChI is InChI=1S/C63H49N6O.Pt/c1-63(2,3)47-31-32-64-62(36-47)69-56-25-11-10-24-51(56)52-29-28-50(38-57(52)69)70-49-23-15-22-48(37-49)67-41-68(60-40-58-54(39-59(60)67)65-61-26-12-13-33-66(58)61)55-30-27-45(43-18-8-5-9-19-43)35-53(55)46-21-14-20-44(34-46)42-16-6-4-7-17-42;/h4-11,14-25,27-32,34-36,39-41H,12-13,26,33H2,1-3H3;/q-3;. The molecular weight excluding hydrogens is 1050 g/mol. The maximum atomic E-state index is 6.74. The van der Waals surface area contributed by atoms with E-state index in [-0.39, 0.29) is 26.5 Å². The molecule has 0 saturated carbocycles. The third-order valence-electron chi connectivity index (χ3n) is 14.0. The van der Waals surface area contributed by atoms with Gasteiger partial charge in [0.2, 0.25) is 0 Å². The first-order valence-corrected chi connectivity index (χ1v) is 24.3. The van der Waals surface area contributed by atoms with Crippen LogP contribution in [-0.4, -0.2) is 19.1 Å². The minimum atomic E-state index is -0.0343. The number of hydrogen-bond donors (Lipinski definition) is 0. The summed E-state index contributed by atoms with van der Waals surface area (Å²) in [6, 6.07) is 72.0. The smallest absolute Gasteiger partial charge is 0.135 e. The summed E-state index contributed by atoms with van der Waals surface area (Å²) in [5.41, 5.74) is 16.3. The molecule has 0 fully saturated rings. The predicted molar refractivity (Wildman–Crippen MR) is 285 cm³/mol. The first kappa shape index (κ1) is 44.5. The van der Waals surface area contributed by atoms with E-state index in [4.69, 9.17) is 14.7 Å². The Balaban J connectivity index is 0.00000517. The summed E-state index contributed by atoms with van der Waals surface area (Å²) < 4.78 is 11.4. The number of rotatable bonds is 8. The zero-order valence-electron chi connectivity index (χ0n) is 39.7. The van der Waals surface area contributed by atoms with Crippen LogP contribution < -0.4 is 14.5 Å². The zero-order chi connectivity index (χ0) is 46.9. The van der Waals surface area contributed by atoms with Crippen molar-refractivity contribution in [3.8, 4) is 50.7 Å². The number of aryl methyl sites for hydroxylation is 2. The van der Waals surface area contributed by atoms with E-state index in [0.29, 0.717) is 11.5 Å². The first-order valence-electron chi connectivity index (χ1n) is 24.3. The summed E-state index contributed by atoms with van der Waals surface area (Å²) in [6.07, 6.45) is 5.19. The molecule has 0 amide bonds. The molecule has 0 spiro atoms. The van der Waals surface area contributed by atoms with Crippen molar-refractivity contribution in [2.45, 2.75) is 52.0 Å². The van der Waals surface area contributed by atoms with Crippen molar-refractivity contribution < 1.29 is 25.8 Å². The van der Waals surface area contributed by atoms with Gasteiger partial charge in [0, 0.05) is 79.9 Å². The number of ether oxygens (including phenoxy) is 1. The van der Waals surface area contributed by atoms with Gasteiger partial charge in [-0.25, -0.2) is 9.97 Å². The van der Waals surface area contributed by atoms with Crippen LogP contribution >= 0.6 is 0 Å². The molecule has 0 unspecified atom stereocenters. The van der Waals surface area contributed by atoms with Crippen molar-refractivity contribution in [1.82, 2.24) is 19.1 Å². The Morgan fingerprint density at radius 3 is 2.10 bits per heavy atom. The van der Waals surface area contributed by atoms with Gasteiger partial charge >= 0.3 is 0 Å². The maximum absolute atomic E-state index is 6.74. The van der Waals surface area contributed by atoms with Crippen molar-refractivity contribution in [1.29, 1.82) is 0 Å². The minimum absolute atomic E-state index is 0. The van der Waals surface area contributed by atoms with E-state index in [9.17, 15) is 0 Å². The van der Waals surface area contributed by atoms with Crippen LogP contribution in [0.5, 0.6) is 11.5 Å². The zero-order valence-corrected chi connectivity index (χ0v) is 42.0. The molecular formula is C63H49N6OPt-3. The van der Waals surface area contributed by atoms with E-state index in [0.717, 1.165) is 110 Å². The second kappa shape index (κ2) is 17.9. The Labute approximate surface area is 428 Å². The van der Waals surface area contributed by atoms with Crippen LogP contribution in [0.3, 0.4) is 0 Å². The maximum Gasteiger partial charge on any atom is 0.135 e. The van der Waals surface area contributed by atoms with Crippen LogP contribution in [-0.2, 0) is 39.4 Å². The predicted octanol–water partition coefficient (Wildman–Crippen LogP) is 16.0. The molecule has 0 bridgehead atoms. The van der Waals surface area contributed by atoms with Crippen molar-refractivity contribution in [3.05, 3.63) is 218 Å². The normalized spacial score (nSPS) is 13.4. The van der Waals surface area contributed by atoms with E-state index >= 15 is 0 Å². The molecule has 3 aromatic heterocycles. The van der Waals surface area contributed by atoms with Gasteiger partial charge in [-0.15, -0.1) is 48.1 Å². The first-order chi connectivity index (χ1) is 34.3. The van der Waals surface area contributed by atoms with Gasteiger partial charge in [0.05, 0.1) is 11.0 Å². The third kappa shape index (κ3) is 7.99. The van der Waals surface area contributed by atoms with Crippen LogP contribution in [0.1, 0.15) is 45.0 Å². The summed E-state index contributed by atoms with van der Waals surface area (Å²) >= 11 is 0. The van der Waals surface area contributed by atoms with E-state index in [1.165, 1.54) is 22.3 Å². The Morgan fingerprint density at radius 2 is 1.28 bits per heavy atom. The average molecular weight is 1100 g/mol. The van der Waals surface area contributed by atoms with Crippen LogP contribution in [0.15, 0.2) is 188 Å². The number of fused-ring (bicyclic) bond motifs is 7. The summed E-state index contributed by atoms with van der Waals surface area (Å²) in [5.74, 6) is 3.18. The number of pyridine rings is 1. The van der Waals surface area contributed by atoms with Crippen LogP contribution in [0.4, 0.5) is 22.7 Å². The Kier molecular flexibility index (Phi) is 11.2. The topological polar surface area (TPSA) is 51.4 Å². The van der Waals surface area contributed by atoms with E-state index < -0.39 is 0 Å². The molecule has 2 aliphatic rings.